The van der Waals surface area contributed by atoms with Crippen LogP contribution in [0, 0.1) is 0 Å². The molecule has 2 bridgehead atoms. The van der Waals surface area contributed by atoms with Crippen molar-refractivity contribution >= 4 is 41.0 Å². The Morgan fingerprint density at radius 1 is 0.873 bits per heavy atom. The van der Waals surface area contributed by atoms with Crippen molar-refractivity contribution in [1.82, 2.24) is 25.3 Å². The third-order valence-electron chi connectivity index (χ3n) is 12.1. The molecule has 4 aliphatic rings. The van der Waals surface area contributed by atoms with Gasteiger partial charge >= 0.3 is 11.9 Å². The van der Waals surface area contributed by atoms with E-state index in [2.05, 4.69) is 34.4 Å². The van der Waals surface area contributed by atoms with Crippen molar-refractivity contribution in [3.05, 3.63) is 91.7 Å². The number of hydrogen-bond acceptors (Lipinski definition) is 10. The molecule has 2 N–H and O–H groups in total. The Kier molecular flexibility index (Phi) is 14.0. The summed E-state index contributed by atoms with van der Waals surface area (Å²) in [5, 5.41) is 7.21. The largest absolute Gasteiger partial charge is 0.466 e. The molecule has 4 heterocycles. The van der Waals surface area contributed by atoms with Gasteiger partial charge in [-0.2, -0.15) is 0 Å². The molecule has 0 aromatic heterocycles. The number of nitrogens with zero attached hydrogens (tertiary/aromatic N) is 3. The zero-order chi connectivity index (χ0) is 39.1. The van der Waals surface area contributed by atoms with Crippen LogP contribution in [0.1, 0.15) is 74.5 Å². The second kappa shape index (κ2) is 18.7. The summed E-state index contributed by atoms with van der Waals surface area (Å²) < 4.78 is 16.7. The average molecular weight is 797 g/mol. The van der Waals surface area contributed by atoms with Crippen molar-refractivity contribution in [2.45, 2.75) is 82.5 Å². The maximum Gasteiger partial charge on any atom is 0.336 e. The SMILES string of the molecule is CCNCCOCc1ccccc1CCC1=C(C(=O)OC)C(c2c(Cl)cccc2Cl)C(C(=O)OC)=C(CC(=O)N2CCN(C34CCCC(CC3)N4C)CC2)N1. The fourth-order valence-corrected chi connectivity index (χ4v) is 9.79. The van der Waals surface area contributed by atoms with Crippen LogP contribution in [0.2, 0.25) is 10.0 Å². The van der Waals surface area contributed by atoms with Gasteiger partial charge in [-0.05, 0) is 81.8 Å². The van der Waals surface area contributed by atoms with Crippen LogP contribution in [-0.4, -0.2) is 111 Å². The summed E-state index contributed by atoms with van der Waals surface area (Å²) in [5.74, 6) is -2.52. The quantitative estimate of drug-likeness (QED) is 0.170. The van der Waals surface area contributed by atoms with Crippen LogP contribution in [0.5, 0.6) is 0 Å². The fourth-order valence-electron chi connectivity index (χ4n) is 9.17. The number of likely N-dealkylation sites (N-methyl/N-ethyl adjacent to an activating group) is 1. The minimum atomic E-state index is -1.06. The number of dihydropyridines is 1. The van der Waals surface area contributed by atoms with Crippen LogP contribution in [0.15, 0.2) is 65.0 Å². The van der Waals surface area contributed by atoms with Crippen molar-refractivity contribution in [3.63, 3.8) is 0 Å². The predicted octanol–water partition coefficient (Wildman–Crippen LogP) is 5.80. The van der Waals surface area contributed by atoms with Crippen molar-refractivity contribution in [3.8, 4) is 0 Å². The molecular weight excluding hydrogens is 741 g/mol. The van der Waals surface area contributed by atoms with E-state index in [0.717, 1.165) is 43.7 Å². The first-order valence-corrected chi connectivity index (χ1v) is 20.3. The summed E-state index contributed by atoms with van der Waals surface area (Å²) in [6, 6.07) is 13.7. The van der Waals surface area contributed by atoms with Gasteiger partial charge in [0, 0.05) is 65.8 Å². The molecule has 3 unspecified atom stereocenters. The number of carbonyl (C=O) groups is 3. The summed E-state index contributed by atoms with van der Waals surface area (Å²) in [4.78, 5) is 49.1. The highest BCUT2D eigenvalue weighted by molar-refractivity contribution is 6.36. The predicted molar refractivity (Wildman–Crippen MR) is 214 cm³/mol. The highest BCUT2D eigenvalue weighted by Crippen LogP contribution is 2.47. The third kappa shape index (κ3) is 8.77. The van der Waals surface area contributed by atoms with Crippen molar-refractivity contribution < 1.29 is 28.6 Å². The Bertz CT molecular complexity index is 1770. The van der Waals surface area contributed by atoms with Gasteiger partial charge in [0.15, 0.2) is 0 Å². The van der Waals surface area contributed by atoms with E-state index in [4.69, 9.17) is 37.4 Å². The van der Waals surface area contributed by atoms with E-state index < -0.39 is 17.9 Å². The molecule has 1 amide bonds. The van der Waals surface area contributed by atoms with Crippen LogP contribution in [0.25, 0.3) is 0 Å². The Balaban J connectivity index is 1.31. The van der Waals surface area contributed by atoms with E-state index in [9.17, 15) is 14.4 Å². The van der Waals surface area contributed by atoms with Gasteiger partial charge in [-0.25, -0.2) is 9.59 Å². The lowest BCUT2D eigenvalue weighted by Crippen LogP contribution is -2.64. The number of aryl methyl sites for hydroxylation is 1. The maximum atomic E-state index is 14.3. The molecule has 13 heteroatoms. The number of piperazine rings is 1. The van der Waals surface area contributed by atoms with E-state index in [1.165, 1.54) is 39.9 Å². The fraction of sp³-hybridized carbons (Fsp3) is 0.548. The Morgan fingerprint density at radius 2 is 1.55 bits per heavy atom. The Labute approximate surface area is 335 Å². The molecule has 0 aliphatic carbocycles. The van der Waals surface area contributed by atoms with Gasteiger partial charge in [0.1, 0.15) is 0 Å². The molecule has 298 valence electrons. The smallest absolute Gasteiger partial charge is 0.336 e. The number of ether oxygens (including phenoxy) is 3. The molecule has 0 radical (unpaired) electrons. The highest BCUT2D eigenvalue weighted by atomic mass is 35.5. The van der Waals surface area contributed by atoms with Crippen molar-refractivity contribution in [2.75, 3.05) is 67.1 Å². The standard InChI is InChI=1S/C42H55Cl2N5O6/c1-5-45-20-25-55-27-29-11-7-6-10-28(29)15-16-33-37(40(51)53-3)39(36-31(43)13-8-14-32(36)44)38(41(52)54-4)34(46-33)26-35(50)48-21-23-49(24-22-48)42-18-9-12-30(17-19-42)47(42)2/h6-8,10-11,13-14,30,39,45-46H,5,9,12,15-27H2,1-4H3. The second-order valence-corrected chi connectivity index (χ2v) is 15.7. The summed E-state index contributed by atoms with van der Waals surface area (Å²) in [6.45, 7) is 7.45. The van der Waals surface area contributed by atoms with E-state index >= 15 is 0 Å². The zero-order valence-electron chi connectivity index (χ0n) is 32.6. The molecule has 0 spiro atoms. The first-order chi connectivity index (χ1) is 26.6. The number of methoxy groups -OCH3 is 2. The number of piperidine rings is 1. The molecule has 11 nitrogen and oxygen atoms in total. The number of benzene rings is 2. The van der Waals surface area contributed by atoms with Gasteiger partial charge in [-0.1, -0.05) is 60.5 Å². The van der Waals surface area contributed by atoms with Crippen LogP contribution in [-0.2, 0) is 41.6 Å². The van der Waals surface area contributed by atoms with Gasteiger partial charge in [0.25, 0.3) is 0 Å². The van der Waals surface area contributed by atoms with Crippen LogP contribution in [0.4, 0.5) is 0 Å². The molecule has 3 atom stereocenters. The molecule has 2 aromatic carbocycles. The highest BCUT2D eigenvalue weighted by Gasteiger charge is 2.51. The number of rotatable bonds is 15. The number of esters is 2. The van der Waals surface area contributed by atoms with Gasteiger partial charge in [0.05, 0.1) is 56.6 Å². The van der Waals surface area contributed by atoms with Gasteiger partial charge in [-0.15, -0.1) is 0 Å². The summed E-state index contributed by atoms with van der Waals surface area (Å²) in [7, 11) is 4.84. The minimum absolute atomic E-state index is 0.0754. The van der Waals surface area contributed by atoms with Crippen LogP contribution < -0.4 is 10.6 Å². The summed E-state index contributed by atoms with van der Waals surface area (Å²) in [5.41, 5.74) is 3.68. The van der Waals surface area contributed by atoms with Crippen LogP contribution in [0.3, 0.4) is 0 Å². The molecule has 3 saturated heterocycles. The maximum absolute atomic E-state index is 14.3. The lowest BCUT2D eigenvalue weighted by molar-refractivity contribution is -0.137. The third-order valence-corrected chi connectivity index (χ3v) is 12.7. The normalized spacial score (nSPS) is 23.2. The lowest BCUT2D eigenvalue weighted by atomic mass is 9.78. The van der Waals surface area contributed by atoms with Gasteiger partial charge in [0.2, 0.25) is 5.91 Å². The average Bonchev–Trinajstić information content (AvgIpc) is 3.34. The summed E-state index contributed by atoms with van der Waals surface area (Å²) in [6.07, 6.45) is 6.83. The van der Waals surface area contributed by atoms with Crippen molar-refractivity contribution in [1.29, 1.82) is 0 Å². The van der Waals surface area contributed by atoms with E-state index in [-0.39, 0.29) is 39.2 Å². The van der Waals surface area contributed by atoms with E-state index in [1.54, 1.807) is 18.2 Å². The number of hydrogen-bond donors (Lipinski definition) is 2. The van der Waals surface area contributed by atoms with E-state index in [0.29, 0.717) is 62.1 Å². The molecule has 2 aromatic rings. The molecule has 6 rings (SSSR count). The molecule has 3 fully saturated rings. The number of nitrogens with one attached hydrogen (secondary N) is 2. The molecular formula is C42H55Cl2N5O6. The lowest BCUT2D eigenvalue weighted by Gasteiger charge is -2.52. The topological polar surface area (TPSA) is 113 Å². The first-order valence-electron chi connectivity index (χ1n) is 19.6. The molecule has 55 heavy (non-hydrogen) atoms. The number of carbonyl (C=O) groups excluding carboxylic acids is 3. The number of amides is 1. The van der Waals surface area contributed by atoms with Crippen LogP contribution >= 0.6 is 23.2 Å². The zero-order valence-corrected chi connectivity index (χ0v) is 34.1. The Morgan fingerprint density at radius 3 is 2.22 bits per heavy atom. The van der Waals surface area contributed by atoms with Gasteiger partial charge in [-0.3, -0.25) is 14.6 Å². The van der Waals surface area contributed by atoms with E-state index in [1.807, 2.05) is 29.2 Å². The van der Waals surface area contributed by atoms with Gasteiger partial charge < -0.3 is 29.7 Å². The molecule has 4 aliphatic heterocycles. The number of fused-ring (bicyclic) bond motifs is 2. The summed E-state index contributed by atoms with van der Waals surface area (Å²) >= 11 is 13.7. The minimum Gasteiger partial charge on any atom is -0.466 e. The first kappa shape index (κ1) is 41.2. The molecule has 0 saturated carbocycles. The number of allylic oxidation sites excluding steroid dienone is 1. The van der Waals surface area contributed by atoms with Crippen molar-refractivity contribution in [2.24, 2.45) is 0 Å². The monoisotopic (exact) mass is 795 g/mol. The Hall–Kier alpha value is -3.45. The second-order valence-electron chi connectivity index (χ2n) is 14.9. The number of halogens is 2.